The van der Waals surface area contributed by atoms with Gasteiger partial charge in [0.05, 0.1) is 10.2 Å². The maximum absolute atomic E-state index is 13.6. The highest BCUT2D eigenvalue weighted by molar-refractivity contribution is 9.10. The van der Waals surface area contributed by atoms with E-state index in [0.717, 1.165) is 16.8 Å². The zero-order valence-electron chi connectivity index (χ0n) is 8.21. The van der Waals surface area contributed by atoms with Crippen LogP contribution >= 0.6 is 15.9 Å². The van der Waals surface area contributed by atoms with Crippen molar-refractivity contribution in [2.45, 2.75) is 6.92 Å². The molecule has 0 unspecified atom stereocenters. The predicted molar refractivity (Wildman–Crippen MR) is 58.1 cm³/mol. The summed E-state index contributed by atoms with van der Waals surface area (Å²) in [5.74, 6) is -1.01. The standard InChI is InChI=1S/C9H7BrF2N4/c1-4-9(13)14-15-16(4)8-3-6(11)5(10)2-7(8)12/h2-3H,13H2,1H3. The third kappa shape index (κ3) is 1.67. The van der Waals surface area contributed by atoms with Crippen molar-refractivity contribution in [1.82, 2.24) is 15.0 Å². The van der Waals surface area contributed by atoms with Crippen LogP contribution in [0.5, 0.6) is 0 Å². The summed E-state index contributed by atoms with van der Waals surface area (Å²) in [5, 5.41) is 7.21. The summed E-state index contributed by atoms with van der Waals surface area (Å²) < 4.78 is 28.1. The van der Waals surface area contributed by atoms with Crippen molar-refractivity contribution >= 4 is 21.7 Å². The van der Waals surface area contributed by atoms with Crippen molar-refractivity contribution in [2.24, 2.45) is 0 Å². The molecule has 0 amide bonds. The lowest BCUT2D eigenvalue weighted by Crippen LogP contribution is -2.03. The Kier molecular flexibility index (Phi) is 2.63. The summed E-state index contributed by atoms with van der Waals surface area (Å²) in [5.41, 5.74) is 5.91. The minimum atomic E-state index is -0.610. The highest BCUT2D eigenvalue weighted by atomic mass is 79.9. The van der Waals surface area contributed by atoms with Gasteiger partial charge in [0.1, 0.15) is 17.3 Å². The lowest BCUT2D eigenvalue weighted by Gasteiger charge is -2.05. The number of hydrogen-bond donors (Lipinski definition) is 1. The van der Waals surface area contributed by atoms with E-state index >= 15 is 0 Å². The average molecular weight is 289 g/mol. The molecule has 0 spiro atoms. The fourth-order valence-corrected chi connectivity index (χ4v) is 1.56. The van der Waals surface area contributed by atoms with Gasteiger partial charge in [0.2, 0.25) is 0 Å². The van der Waals surface area contributed by atoms with Crippen molar-refractivity contribution in [3.63, 3.8) is 0 Å². The van der Waals surface area contributed by atoms with Gasteiger partial charge in [-0.05, 0) is 28.9 Å². The van der Waals surface area contributed by atoms with Crippen LogP contribution in [0.4, 0.5) is 14.6 Å². The second kappa shape index (κ2) is 3.82. The van der Waals surface area contributed by atoms with Crippen LogP contribution in [-0.2, 0) is 0 Å². The van der Waals surface area contributed by atoms with Gasteiger partial charge in [-0.1, -0.05) is 5.21 Å². The number of aromatic nitrogens is 3. The maximum Gasteiger partial charge on any atom is 0.169 e. The Balaban J connectivity index is 2.65. The van der Waals surface area contributed by atoms with Gasteiger partial charge < -0.3 is 5.73 Å². The summed E-state index contributed by atoms with van der Waals surface area (Å²) in [4.78, 5) is 0. The average Bonchev–Trinajstić information content (AvgIpc) is 2.54. The third-order valence-electron chi connectivity index (χ3n) is 2.15. The molecule has 1 aromatic heterocycles. The molecule has 0 bridgehead atoms. The first-order valence-corrected chi connectivity index (χ1v) is 5.12. The minimum Gasteiger partial charge on any atom is -0.381 e. The smallest absolute Gasteiger partial charge is 0.169 e. The number of nitrogens with zero attached hydrogens (tertiary/aromatic N) is 3. The molecule has 0 aliphatic carbocycles. The fraction of sp³-hybridized carbons (Fsp3) is 0.111. The molecule has 0 aliphatic heterocycles. The molecule has 2 aromatic rings. The monoisotopic (exact) mass is 288 g/mol. The SMILES string of the molecule is Cc1c(N)nnn1-c1cc(F)c(Br)cc1F. The molecule has 2 N–H and O–H groups in total. The molecule has 0 atom stereocenters. The molecule has 0 fully saturated rings. The van der Waals surface area contributed by atoms with Crippen LogP contribution < -0.4 is 5.73 Å². The van der Waals surface area contributed by atoms with Gasteiger partial charge in [-0.3, -0.25) is 0 Å². The zero-order valence-corrected chi connectivity index (χ0v) is 9.79. The lowest BCUT2D eigenvalue weighted by atomic mass is 10.3. The summed E-state index contributed by atoms with van der Waals surface area (Å²) >= 11 is 2.89. The predicted octanol–water partition coefficient (Wildman–Crippen LogP) is 2.20. The van der Waals surface area contributed by atoms with E-state index in [1.165, 1.54) is 0 Å². The number of hydrogen-bond acceptors (Lipinski definition) is 3. The highest BCUT2D eigenvalue weighted by Crippen LogP contribution is 2.23. The van der Waals surface area contributed by atoms with E-state index in [0.29, 0.717) is 5.69 Å². The summed E-state index contributed by atoms with van der Waals surface area (Å²) in [6.45, 7) is 1.62. The number of benzene rings is 1. The lowest BCUT2D eigenvalue weighted by molar-refractivity contribution is 0.577. The Morgan fingerprint density at radius 3 is 2.56 bits per heavy atom. The Labute approximate surface area is 98.2 Å². The number of nitrogen functional groups attached to an aromatic ring is 1. The molecule has 0 aliphatic rings. The normalized spacial score (nSPS) is 10.8. The Morgan fingerprint density at radius 1 is 1.31 bits per heavy atom. The molecule has 0 saturated carbocycles. The van der Waals surface area contributed by atoms with Crippen LogP contribution in [0.1, 0.15) is 5.69 Å². The molecule has 1 heterocycles. The number of rotatable bonds is 1. The number of anilines is 1. The van der Waals surface area contributed by atoms with E-state index in [-0.39, 0.29) is 16.0 Å². The highest BCUT2D eigenvalue weighted by Gasteiger charge is 2.14. The minimum absolute atomic E-state index is 0.0256. The topological polar surface area (TPSA) is 56.7 Å². The quantitative estimate of drug-likeness (QED) is 0.819. The van der Waals surface area contributed by atoms with Crippen molar-refractivity contribution < 1.29 is 8.78 Å². The van der Waals surface area contributed by atoms with Crippen LogP contribution in [0.15, 0.2) is 16.6 Å². The van der Waals surface area contributed by atoms with Gasteiger partial charge in [-0.15, -0.1) is 5.10 Å². The van der Waals surface area contributed by atoms with Crippen molar-refractivity contribution in [2.75, 3.05) is 5.73 Å². The summed E-state index contributed by atoms with van der Waals surface area (Å²) in [6, 6.07) is 2.06. The van der Waals surface area contributed by atoms with Crippen LogP contribution in [0.2, 0.25) is 0 Å². The molecular weight excluding hydrogens is 282 g/mol. The van der Waals surface area contributed by atoms with Crippen LogP contribution in [0.3, 0.4) is 0 Å². The van der Waals surface area contributed by atoms with Gasteiger partial charge in [-0.2, -0.15) is 0 Å². The number of nitrogens with two attached hydrogens (primary N) is 1. The van der Waals surface area contributed by atoms with Crippen molar-refractivity contribution in [3.8, 4) is 5.69 Å². The maximum atomic E-state index is 13.6. The van der Waals surface area contributed by atoms with E-state index in [4.69, 9.17) is 5.73 Å². The first kappa shape index (κ1) is 11.0. The molecule has 2 rings (SSSR count). The summed E-state index contributed by atoms with van der Waals surface area (Å²) in [6.07, 6.45) is 0. The molecule has 16 heavy (non-hydrogen) atoms. The van der Waals surface area contributed by atoms with Gasteiger partial charge >= 0.3 is 0 Å². The van der Waals surface area contributed by atoms with E-state index < -0.39 is 11.6 Å². The molecular formula is C9H7BrF2N4. The van der Waals surface area contributed by atoms with E-state index in [1.54, 1.807) is 6.92 Å². The van der Waals surface area contributed by atoms with Crippen LogP contribution in [0.25, 0.3) is 5.69 Å². The van der Waals surface area contributed by atoms with Gasteiger partial charge in [0, 0.05) is 6.07 Å². The van der Waals surface area contributed by atoms with Gasteiger partial charge in [-0.25, -0.2) is 13.5 Å². The summed E-state index contributed by atoms with van der Waals surface area (Å²) in [7, 11) is 0. The molecule has 4 nitrogen and oxygen atoms in total. The van der Waals surface area contributed by atoms with Crippen LogP contribution in [-0.4, -0.2) is 15.0 Å². The van der Waals surface area contributed by atoms with Crippen molar-refractivity contribution in [1.29, 1.82) is 0 Å². The molecule has 84 valence electrons. The molecule has 1 aromatic carbocycles. The Bertz CT molecular complexity index is 553. The largest absolute Gasteiger partial charge is 0.381 e. The Morgan fingerprint density at radius 2 is 2.00 bits per heavy atom. The Hall–Kier alpha value is -1.50. The van der Waals surface area contributed by atoms with E-state index in [9.17, 15) is 8.78 Å². The first-order valence-electron chi connectivity index (χ1n) is 4.33. The molecule has 7 heteroatoms. The van der Waals surface area contributed by atoms with E-state index in [1.807, 2.05) is 0 Å². The van der Waals surface area contributed by atoms with Crippen LogP contribution in [0, 0.1) is 18.6 Å². The number of halogens is 3. The first-order chi connectivity index (χ1) is 7.50. The molecule has 0 radical (unpaired) electrons. The molecule has 0 saturated heterocycles. The second-order valence-electron chi connectivity index (χ2n) is 3.19. The van der Waals surface area contributed by atoms with Gasteiger partial charge in [0.25, 0.3) is 0 Å². The van der Waals surface area contributed by atoms with Gasteiger partial charge in [0.15, 0.2) is 5.82 Å². The van der Waals surface area contributed by atoms with E-state index in [2.05, 4.69) is 26.2 Å². The zero-order chi connectivity index (χ0) is 11.9. The fourth-order valence-electron chi connectivity index (χ4n) is 1.24. The van der Waals surface area contributed by atoms with Crippen molar-refractivity contribution in [3.05, 3.63) is 33.9 Å². The second-order valence-corrected chi connectivity index (χ2v) is 4.04. The third-order valence-corrected chi connectivity index (χ3v) is 2.76.